The van der Waals surface area contributed by atoms with E-state index in [9.17, 15) is 14.4 Å². The molecule has 3 heterocycles. The highest BCUT2D eigenvalue weighted by atomic mass is 32.1. The number of carbonyl (C=O) groups is 1. The minimum atomic E-state index is -0.630. The van der Waals surface area contributed by atoms with E-state index in [1.165, 1.54) is 12.1 Å². The van der Waals surface area contributed by atoms with Crippen molar-refractivity contribution >= 4 is 28.7 Å². The van der Waals surface area contributed by atoms with Crippen molar-refractivity contribution in [2.24, 2.45) is 11.7 Å². The molecular formula is C20H20FN7OS. The molecule has 0 radical (unpaired) electrons. The third-order valence-electron chi connectivity index (χ3n) is 5.15. The molecule has 0 aliphatic carbocycles. The Balaban J connectivity index is 1.59. The molecule has 1 saturated heterocycles. The summed E-state index contributed by atoms with van der Waals surface area (Å²) in [6.45, 7) is 2.09. The molecule has 1 aromatic carbocycles. The highest BCUT2D eigenvalue weighted by Gasteiger charge is 2.32. The lowest BCUT2D eigenvalue weighted by Gasteiger charge is -2.35. The van der Waals surface area contributed by atoms with Gasteiger partial charge < -0.3 is 11.1 Å². The largest absolute Gasteiger partial charge is 0.365 e. The Morgan fingerprint density at radius 2 is 2.20 bits per heavy atom. The lowest BCUT2D eigenvalue weighted by molar-refractivity contribution is 0.1000. The molecule has 2 atom stereocenters. The van der Waals surface area contributed by atoms with Gasteiger partial charge in [0.15, 0.2) is 5.82 Å². The number of hydrogen-bond donors (Lipinski definition) is 2. The number of aromatic nitrogens is 3. The third-order valence-corrected chi connectivity index (χ3v) is 5.78. The molecule has 1 aliphatic heterocycles. The van der Waals surface area contributed by atoms with Crippen LogP contribution in [0.1, 0.15) is 28.5 Å². The van der Waals surface area contributed by atoms with Crippen molar-refractivity contribution < 1.29 is 9.18 Å². The number of amides is 1. The van der Waals surface area contributed by atoms with Crippen LogP contribution in [0.15, 0.2) is 41.4 Å². The van der Waals surface area contributed by atoms with Crippen LogP contribution in [0.4, 0.5) is 15.9 Å². The smallest absolute Gasteiger partial charge is 0.254 e. The Labute approximate surface area is 176 Å². The number of nitrogens with two attached hydrogens (primary N) is 1. The molecule has 0 bridgehead atoms. The van der Waals surface area contributed by atoms with Gasteiger partial charge in [-0.1, -0.05) is 0 Å². The minimum absolute atomic E-state index is 0.215. The number of nitrogens with zero attached hydrogens (tertiary/aromatic N) is 5. The molecule has 1 amide bonds. The van der Waals surface area contributed by atoms with Crippen LogP contribution in [0.25, 0.3) is 0 Å². The predicted octanol–water partition coefficient (Wildman–Crippen LogP) is 2.91. The van der Waals surface area contributed by atoms with Gasteiger partial charge in [0.25, 0.3) is 5.91 Å². The summed E-state index contributed by atoms with van der Waals surface area (Å²) in [5.74, 6) is -0.951. The number of benzene rings is 1. The van der Waals surface area contributed by atoms with E-state index >= 15 is 0 Å². The lowest BCUT2D eigenvalue weighted by Crippen LogP contribution is -2.41. The molecule has 1 aliphatic rings. The van der Waals surface area contributed by atoms with E-state index in [0.29, 0.717) is 25.2 Å². The number of likely N-dealkylation sites (tertiary alicyclic amines) is 1. The standard InChI is InChI=1S/C20H20FN7OS/c21-14-1-3-15(4-2-14)25-20-17(19(23)29)9-28(26-20)18-10-27(6-5-13(18)7-22)8-16-11-30-12-24-16/h1-4,9,11-13,18H,5-6,8,10H2,(H2,23,29)(H,25,26). The first-order valence-corrected chi connectivity index (χ1v) is 10.4. The number of rotatable bonds is 6. The fourth-order valence-electron chi connectivity index (χ4n) is 3.61. The summed E-state index contributed by atoms with van der Waals surface area (Å²) in [5, 5.41) is 19.2. The average molecular weight is 425 g/mol. The third kappa shape index (κ3) is 4.32. The number of thiazole rings is 1. The zero-order chi connectivity index (χ0) is 21.1. The molecule has 1 fully saturated rings. The van der Waals surface area contributed by atoms with Crippen LogP contribution >= 0.6 is 11.3 Å². The first-order valence-electron chi connectivity index (χ1n) is 9.44. The van der Waals surface area contributed by atoms with Crippen LogP contribution < -0.4 is 11.1 Å². The topological polar surface area (TPSA) is 113 Å². The average Bonchev–Trinajstić information content (AvgIpc) is 3.40. The van der Waals surface area contributed by atoms with Gasteiger partial charge >= 0.3 is 0 Å². The van der Waals surface area contributed by atoms with E-state index in [1.54, 1.807) is 39.9 Å². The zero-order valence-corrected chi connectivity index (χ0v) is 16.8. The second-order valence-corrected chi connectivity index (χ2v) is 7.89. The SMILES string of the molecule is N#CC1CCN(Cc2cscn2)CC1n1cc(C(N)=O)c(Nc2ccc(F)cc2)n1. The monoisotopic (exact) mass is 425 g/mol. The maximum absolute atomic E-state index is 13.2. The molecule has 0 spiro atoms. The van der Waals surface area contributed by atoms with Crippen LogP contribution in [0, 0.1) is 23.1 Å². The maximum Gasteiger partial charge on any atom is 0.254 e. The molecule has 4 rings (SSSR count). The molecule has 2 unspecified atom stereocenters. The summed E-state index contributed by atoms with van der Waals surface area (Å²) in [7, 11) is 0. The van der Waals surface area contributed by atoms with Crippen LogP contribution in [0.2, 0.25) is 0 Å². The fraction of sp³-hybridized carbons (Fsp3) is 0.300. The van der Waals surface area contributed by atoms with Crippen molar-refractivity contribution in [3.63, 3.8) is 0 Å². The van der Waals surface area contributed by atoms with Gasteiger partial charge in [0.05, 0.1) is 29.2 Å². The van der Waals surface area contributed by atoms with E-state index in [1.807, 2.05) is 5.38 Å². The van der Waals surface area contributed by atoms with Gasteiger partial charge in [0, 0.05) is 30.4 Å². The van der Waals surface area contributed by atoms with Crippen molar-refractivity contribution in [1.29, 1.82) is 5.26 Å². The number of carbonyl (C=O) groups excluding carboxylic acids is 1. The van der Waals surface area contributed by atoms with Gasteiger partial charge in [0.2, 0.25) is 0 Å². The van der Waals surface area contributed by atoms with Gasteiger partial charge in [-0.3, -0.25) is 14.4 Å². The number of anilines is 2. The summed E-state index contributed by atoms with van der Waals surface area (Å²) in [6, 6.07) is 7.86. The molecule has 3 N–H and O–H groups in total. The number of piperidine rings is 1. The zero-order valence-electron chi connectivity index (χ0n) is 16.0. The maximum atomic E-state index is 13.2. The molecule has 10 heteroatoms. The summed E-state index contributed by atoms with van der Waals surface area (Å²) >= 11 is 1.55. The van der Waals surface area contributed by atoms with Crippen molar-refractivity contribution in [3.8, 4) is 6.07 Å². The number of nitriles is 1. The molecule has 0 saturated carbocycles. The summed E-state index contributed by atoms with van der Waals surface area (Å²) in [4.78, 5) is 18.5. The van der Waals surface area contributed by atoms with Gasteiger partial charge in [-0.15, -0.1) is 11.3 Å². The number of halogens is 1. The van der Waals surface area contributed by atoms with Crippen molar-refractivity contribution in [2.45, 2.75) is 19.0 Å². The Hall–Kier alpha value is -3.29. The Morgan fingerprint density at radius 3 is 2.87 bits per heavy atom. The first-order chi connectivity index (χ1) is 14.5. The van der Waals surface area contributed by atoms with Crippen LogP contribution in [-0.2, 0) is 6.54 Å². The highest BCUT2D eigenvalue weighted by Crippen LogP contribution is 2.30. The van der Waals surface area contributed by atoms with E-state index in [-0.39, 0.29) is 29.2 Å². The number of nitrogens with one attached hydrogen (secondary N) is 1. The second-order valence-electron chi connectivity index (χ2n) is 7.17. The number of primary amides is 1. The van der Waals surface area contributed by atoms with E-state index in [2.05, 4.69) is 26.4 Å². The van der Waals surface area contributed by atoms with Gasteiger partial charge in [-0.05, 0) is 37.2 Å². The minimum Gasteiger partial charge on any atom is -0.365 e. The molecule has 2 aromatic heterocycles. The normalized spacial score (nSPS) is 19.3. The predicted molar refractivity (Wildman–Crippen MR) is 111 cm³/mol. The quantitative estimate of drug-likeness (QED) is 0.628. The summed E-state index contributed by atoms with van der Waals surface area (Å²) in [5.41, 5.74) is 9.13. The summed E-state index contributed by atoms with van der Waals surface area (Å²) in [6.07, 6.45) is 2.27. The van der Waals surface area contributed by atoms with Crippen molar-refractivity contribution in [1.82, 2.24) is 19.7 Å². The molecule has 8 nitrogen and oxygen atoms in total. The van der Waals surface area contributed by atoms with Gasteiger partial charge in [-0.25, -0.2) is 9.37 Å². The molecule has 154 valence electrons. The molecular weight excluding hydrogens is 405 g/mol. The number of hydrogen-bond acceptors (Lipinski definition) is 7. The van der Waals surface area contributed by atoms with Crippen molar-refractivity contribution in [3.05, 3.63) is 58.4 Å². The van der Waals surface area contributed by atoms with E-state index < -0.39 is 5.91 Å². The Morgan fingerprint density at radius 1 is 1.40 bits per heavy atom. The summed E-state index contributed by atoms with van der Waals surface area (Å²) < 4.78 is 14.8. The second kappa shape index (κ2) is 8.61. The first kappa shape index (κ1) is 20.0. The fourth-order valence-corrected chi connectivity index (χ4v) is 4.16. The van der Waals surface area contributed by atoms with Gasteiger partial charge in [0.1, 0.15) is 11.4 Å². The lowest BCUT2D eigenvalue weighted by atomic mass is 9.93. The molecule has 30 heavy (non-hydrogen) atoms. The van der Waals surface area contributed by atoms with Crippen LogP contribution in [0.3, 0.4) is 0 Å². The van der Waals surface area contributed by atoms with E-state index in [4.69, 9.17) is 5.73 Å². The van der Waals surface area contributed by atoms with Crippen LogP contribution in [-0.4, -0.2) is 38.7 Å². The highest BCUT2D eigenvalue weighted by molar-refractivity contribution is 7.07. The Bertz CT molecular complexity index is 1060. The van der Waals surface area contributed by atoms with Crippen LogP contribution in [0.5, 0.6) is 0 Å². The molecule has 3 aromatic rings. The van der Waals surface area contributed by atoms with E-state index in [0.717, 1.165) is 12.2 Å². The Kier molecular flexibility index (Phi) is 5.74. The van der Waals surface area contributed by atoms with Gasteiger partial charge in [-0.2, -0.15) is 10.4 Å². The van der Waals surface area contributed by atoms with Crippen molar-refractivity contribution in [2.75, 3.05) is 18.4 Å².